The van der Waals surface area contributed by atoms with E-state index in [0.29, 0.717) is 6.07 Å². The molecule has 2 aromatic rings. The molecule has 30 heavy (non-hydrogen) atoms. The minimum atomic E-state index is -4.78. The van der Waals surface area contributed by atoms with Crippen LogP contribution >= 0.6 is 12.4 Å². The number of nitriles is 1. The smallest absolute Gasteiger partial charge is 0.383 e. The summed E-state index contributed by atoms with van der Waals surface area (Å²) in [6.45, 7) is 0.577. The van der Waals surface area contributed by atoms with Crippen molar-refractivity contribution < 1.29 is 30.8 Å². The van der Waals surface area contributed by atoms with Gasteiger partial charge in [-0.15, -0.1) is 12.4 Å². The van der Waals surface area contributed by atoms with E-state index in [1.165, 1.54) is 12.1 Å². The number of hydrogen-bond donors (Lipinski definition) is 2. The van der Waals surface area contributed by atoms with Crippen molar-refractivity contribution in [2.24, 2.45) is 5.73 Å². The van der Waals surface area contributed by atoms with Crippen molar-refractivity contribution in [1.29, 1.82) is 5.26 Å². The predicted molar refractivity (Wildman–Crippen MR) is 103 cm³/mol. The van der Waals surface area contributed by atoms with Gasteiger partial charge in [-0.2, -0.15) is 18.4 Å². The second-order valence-electron chi connectivity index (χ2n) is 6.39. The van der Waals surface area contributed by atoms with Gasteiger partial charge in [0.25, 0.3) is 5.12 Å². The SMILES string of the molecule is C[C@@](N)(CNc1ccc(C#N)c(C(F)(F)F)c1)C(=O)S(=O)(=O)c1ccc(F)cc1.Cl. The molecule has 0 amide bonds. The first-order valence-electron chi connectivity index (χ1n) is 7.98. The zero-order valence-electron chi connectivity index (χ0n) is 15.3. The topological polar surface area (TPSA) is 113 Å². The quantitative estimate of drug-likeness (QED) is 0.517. The molecule has 0 aliphatic rings. The van der Waals surface area contributed by atoms with Gasteiger partial charge in [0, 0.05) is 12.2 Å². The monoisotopic (exact) mass is 465 g/mol. The molecule has 0 bridgehead atoms. The Labute approximate surface area is 176 Å². The highest BCUT2D eigenvalue weighted by atomic mass is 35.5. The van der Waals surface area contributed by atoms with Crippen LogP contribution in [0.1, 0.15) is 18.1 Å². The molecule has 0 fully saturated rings. The van der Waals surface area contributed by atoms with Gasteiger partial charge >= 0.3 is 6.18 Å². The lowest BCUT2D eigenvalue weighted by molar-refractivity contribution is -0.137. The molecule has 1 atom stereocenters. The van der Waals surface area contributed by atoms with Crippen molar-refractivity contribution >= 4 is 33.0 Å². The second-order valence-corrected chi connectivity index (χ2v) is 8.23. The molecule has 0 aromatic heterocycles. The Morgan fingerprint density at radius 2 is 1.73 bits per heavy atom. The number of anilines is 1. The Morgan fingerprint density at radius 1 is 1.17 bits per heavy atom. The number of nitrogens with zero attached hydrogens (tertiary/aromatic N) is 1. The lowest BCUT2D eigenvalue weighted by Gasteiger charge is -2.24. The largest absolute Gasteiger partial charge is 0.417 e. The molecule has 0 saturated heterocycles. The first-order valence-corrected chi connectivity index (χ1v) is 9.46. The standard InChI is InChI=1S/C18H15F4N3O3S.ClH/c1-17(24,16(26)29(27,28)14-6-3-12(19)4-7-14)10-25-13-5-2-11(9-23)15(8-13)18(20,21)22;/h2-8,25H,10,24H2,1H3;1H/t17-;/m1./s1. The molecular formula is C18H16ClF4N3O3S. The van der Waals surface area contributed by atoms with Crippen LogP contribution < -0.4 is 11.1 Å². The van der Waals surface area contributed by atoms with E-state index in [2.05, 4.69) is 5.32 Å². The average molecular weight is 466 g/mol. The molecule has 162 valence electrons. The van der Waals surface area contributed by atoms with Crippen molar-refractivity contribution in [2.75, 3.05) is 11.9 Å². The number of sulfone groups is 1. The summed E-state index contributed by atoms with van der Waals surface area (Å²) in [5.74, 6) is -0.699. The zero-order valence-corrected chi connectivity index (χ0v) is 17.0. The van der Waals surface area contributed by atoms with Crippen LogP contribution in [0.2, 0.25) is 0 Å². The van der Waals surface area contributed by atoms with Crippen molar-refractivity contribution in [1.82, 2.24) is 0 Å². The molecule has 0 heterocycles. The molecule has 0 saturated carbocycles. The fourth-order valence-electron chi connectivity index (χ4n) is 2.37. The average Bonchev–Trinajstić information content (AvgIpc) is 2.65. The van der Waals surface area contributed by atoms with Crippen LogP contribution in [0.4, 0.5) is 23.2 Å². The Hall–Kier alpha value is -2.68. The number of nitrogens with two attached hydrogens (primary N) is 1. The summed E-state index contributed by atoms with van der Waals surface area (Å²) in [4.78, 5) is 12.0. The molecule has 0 spiro atoms. The van der Waals surface area contributed by atoms with E-state index >= 15 is 0 Å². The molecule has 2 aromatic carbocycles. The zero-order chi connectivity index (χ0) is 22.0. The number of halogens is 5. The van der Waals surface area contributed by atoms with E-state index in [9.17, 15) is 30.8 Å². The van der Waals surface area contributed by atoms with Crippen LogP contribution in [0.15, 0.2) is 47.4 Å². The van der Waals surface area contributed by atoms with Crippen LogP contribution in [0.25, 0.3) is 0 Å². The summed E-state index contributed by atoms with van der Waals surface area (Å²) < 4.78 is 76.9. The van der Waals surface area contributed by atoms with Gasteiger partial charge in [0.15, 0.2) is 0 Å². The predicted octanol–water partition coefficient (Wildman–Crippen LogP) is 3.27. The minimum Gasteiger partial charge on any atom is -0.383 e. The highest BCUT2D eigenvalue weighted by Gasteiger charge is 2.39. The van der Waals surface area contributed by atoms with Gasteiger partial charge < -0.3 is 11.1 Å². The number of carbonyl (C=O) groups is 1. The summed E-state index contributed by atoms with van der Waals surface area (Å²) in [5.41, 5.74) is 1.90. The molecule has 0 aliphatic heterocycles. The Morgan fingerprint density at radius 3 is 2.23 bits per heavy atom. The van der Waals surface area contributed by atoms with Gasteiger partial charge in [0.05, 0.1) is 22.1 Å². The molecule has 0 radical (unpaired) electrons. The van der Waals surface area contributed by atoms with E-state index in [1.807, 2.05) is 0 Å². The van der Waals surface area contributed by atoms with Crippen molar-refractivity contribution in [3.8, 4) is 6.07 Å². The van der Waals surface area contributed by atoms with Crippen molar-refractivity contribution in [2.45, 2.75) is 23.5 Å². The van der Waals surface area contributed by atoms with Crippen molar-refractivity contribution in [3.63, 3.8) is 0 Å². The third-order valence-electron chi connectivity index (χ3n) is 3.94. The minimum absolute atomic E-state index is 0. The van der Waals surface area contributed by atoms with Crippen LogP contribution in [0.3, 0.4) is 0 Å². The van der Waals surface area contributed by atoms with Crippen molar-refractivity contribution in [3.05, 3.63) is 59.4 Å². The van der Waals surface area contributed by atoms with E-state index < -0.39 is 55.1 Å². The lowest BCUT2D eigenvalue weighted by atomic mass is 10.0. The van der Waals surface area contributed by atoms with Crippen LogP contribution in [-0.2, 0) is 20.8 Å². The van der Waals surface area contributed by atoms with E-state index in [-0.39, 0.29) is 18.1 Å². The Kier molecular flexibility index (Phi) is 7.60. The molecule has 12 heteroatoms. The van der Waals surface area contributed by atoms with Gasteiger partial charge in [-0.1, -0.05) is 0 Å². The molecular weight excluding hydrogens is 450 g/mol. The summed E-state index contributed by atoms with van der Waals surface area (Å²) >= 11 is 0. The third kappa shape index (κ3) is 5.47. The molecule has 6 nitrogen and oxygen atoms in total. The maximum atomic E-state index is 13.0. The summed E-state index contributed by atoms with van der Waals surface area (Å²) in [6.07, 6.45) is -4.78. The number of benzene rings is 2. The van der Waals surface area contributed by atoms with Gasteiger partial charge in [0.1, 0.15) is 11.4 Å². The Balaban J connectivity index is 0.00000450. The first kappa shape index (κ1) is 25.4. The summed E-state index contributed by atoms with van der Waals surface area (Å²) in [6, 6.07) is 7.74. The fraction of sp³-hybridized carbons (Fsp3) is 0.222. The van der Waals surface area contributed by atoms with Crippen LogP contribution in [-0.4, -0.2) is 25.6 Å². The van der Waals surface area contributed by atoms with Crippen LogP contribution in [0, 0.1) is 17.1 Å². The molecule has 0 aliphatic carbocycles. The van der Waals surface area contributed by atoms with Gasteiger partial charge in [-0.25, -0.2) is 12.8 Å². The maximum absolute atomic E-state index is 13.0. The highest BCUT2D eigenvalue weighted by molar-refractivity contribution is 8.06. The number of carbonyl (C=O) groups excluding carboxylic acids is 1. The highest BCUT2D eigenvalue weighted by Crippen LogP contribution is 2.33. The molecule has 0 unspecified atom stereocenters. The normalized spacial score (nSPS) is 13.5. The number of rotatable bonds is 5. The first-order chi connectivity index (χ1) is 13.3. The number of hydrogen-bond acceptors (Lipinski definition) is 6. The molecule has 2 rings (SSSR count). The van der Waals surface area contributed by atoms with E-state index in [1.54, 1.807) is 0 Å². The van der Waals surface area contributed by atoms with Crippen LogP contribution in [0.5, 0.6) is 0 Å². The number of nitrogens with one attached hydrogen (secondary N) is 1. The molecule has 3 N–H and O–H groups in total. The number of alkyl halides is 3. The fourth-order valence-corrected chi connectivity index (χ4v) is 3.77. The summed E-state index contributed by atoms with van der Waals surface area (Å²) in [7, 11) is -4.55. The van der Waals surface area contributed by atoms with E-state index in [0.717, 1.165) is 37.3 Å². The maximum Gasteiger partial charge on any atom is 0.417 e. The van der Waals surface area contributed by atoms with E-state index in [4.69, 9.17) is 11.0 Å². The summed E-state index contributed by atoms with van der Waals surface area (Å²) in [5, 5.41) is 9.88. The third-order valence-corrected chi connectivity index (χ3v) is 5.79. The van der Waals surface area contributed by atoms with Gasteiger partial charge in [0.2, 0.25) is 9.84 Å². The van der Waals surface area contributed by atoms with Gasteiger partial charge in [-0.3, -0.25) is 4.79 Å². The van der Waals surface area contributed by atoms with Gasteiger partial charge in [-0.05, 0) is 49.4 Å². The Bertz CT molecular complexity index is 1080. The second kappa shape index (κ2) is 8.99. The lowest BCUT2D eigenvalue weighted by Crippen LogP contribution is -2.53.